The number of benzene rings is 1. The molecule has 1 aromatic carbocycles. The molecule has 0 fully saturated rings. The second kappa shape index (κ2) is 10.2. The average molecular weight is 334 g/mol. The Hall–Kier alpha value is -0.900. The Morgan fingerprint density at radius 1 is 0.917 bits per heavy atom. The summed E-state index contributed by atoms with van der Waals surface area (Å²) in [5.74, 6) is 1.37. The molecule has 0 bridgehead atoms. The van der Waals surface area contributed by atoms with Crippen LogP contribution in [0.1, 0.15) is 63.1 Å². The third kappa shape index (κ3) is 6.54. The number of hydrogen-bond acceptors (Lipinski definition) is 3. The number of fused-ring (bicyclic) bond motifs is 1. The topological polar surface area (TPSA) is 21.7 Å². The van der Waals surface area contributed by atoms with Crippen molar-refractivity contribution < 1.29 is 9.47 Å². The third-order valence-electron chi connectivity index (χ3n) is 4.68. The number of ether oxygens (including phenoxy) is 2. The third-order valence-corrected chi connectivity index (χ3v) is 4.68. The van der Waals surface area contributed by atoms with Gasteiger partial charge in [-0.3, -0.25) is 4.90 Å². The van der Waals surface area contributed by atoms with E-state index in [-0.39, 0.29) is 0 Å². The van der Waals surface area contributed by atoms with Crippen molar-refractivity contribution in [3.8, 4) is 0 Å². The van der Waals surface area contributed by atoms with Crippen LogP contribution in [-0.2, 0) is 22.6 Å². The summed E-state index contributed by atoms with van der Waals surface area (Å²) < 4.78 is 11.3. The Balaban J connectivity index is 1.53. The van der Waals surface area contributed by atoms with E-state index in [1.807, 2.05) is 0 Å². The summed E-state index contributed by atoms with van der Waals surface area (Å²) in [7, 11) is 0. The highest BCUT2D eigenvalue weighted by Gasteiger charge is 2.19. The monoisotopic (exact) mass is 333 g/mol. The summed E-state index contributed by atoms with van der Waals surface area (Å²) in [5.41, 5.74) is 4.42. The molecule has 0 N–H and O–H groups in total. The molecule has 0 atom stereocenters. The fraction of sp³-hybridized carbons (Fsp3) is 0.714. The van der Waals surface area contributed by atoms with Crippen LogP contribution in [-0.4, -0.2) is 37.9 Å². The molecule has 1 aliphatic rings. The molecule has 0 spiro atoms. The maximum atomic E-state index is 5.72. The van der Waals surface area contributed by atoms with E-state index in [9.17, 15) is 0 Å². The molecule has 0 aliphatic carbocycles. The lowest BCUT2D eigenvalue weighted by Crippen LogP contribution is -2.22. The highest BCUT2D eigenvalue weighted by Crippen LogP contribution is 2.26. The van der Waals surface area contributed by atoms with Crippen LogP contribution in [0, 0.1) is 5.92 Å². The predicted molar refractivity (Wildman–Crippen MR) is 100 cm³/mol. The molecule has 24 heavy (non-hydrogen) atoms. The number of nitrogens with zero attached hydrogens (tertiary/aromatic N) is 1. The zero-order chi connectivity index (χ0) is 17.4. The van der Waals surface area contributed by atoms with E-state index in [0.717, 1.165) is 51.8 Å². The van der Waals surface area contributed by atoms with Crippen LogP contribution in [0.2, 0.25) is 0 Å². The maximum Gasteiger partial charge on any atom is 0.0701 e. The molecular formula is C21H35NO2. The molecule has 0 aromatic heterocycles. The van der Waals surface area contributed by atoms with Gasteiger partial charge in [0.2, 0.25) is 0 Å². The van der Waals surface area contributed by atoms with Crippen molar-refractivity contribution in [3.05, 3.63) is 34.9 Å². The number of hydrogen-bond donors (Lipinski definition) is 0. The van der Waals surface area contributed by atoms with E-state index in [1.54, 1.807) is 0 Å². The van der Waals surface area contributed by atoms with Crippen molar-refractivity contribution in [2.75, 3.05) is 33.0 Å². The van der Waals surface area contributed by atoms with E-state index in [1.165, 1.54) is 23.1 Å². The smallest absolute Gasteiger partial charge is 0.0701 e. The Morgan fingerprint density at radius 3 is 2.33 bits per heavy atom. The zero-order valence-electron chi connectivity index (χ0n) is 16.0. The SMILES string of the molecule is CC(C)CCCOCCOCCN1Cc2ccc(C(C)C)cc2C1. The van der Waals surface area contributed by atoms with E-state index in [2.05, 4.69) is 50.8 Å². The molecular weight excluding hydrogens is 298 g/mol. The Morgan fingerprint density at radius 2 is 1.62 bits per heavy atom. The largest absolute Gasteiger partial charge is 0.379 e. The minimum absolute atomic E-state index is 0.605. The molecule has 3 nitrogen and oxygen atoms in total. The van der Waals surface area contributed by atoms with Gasteiger partial charge in [-0.05, 0) is 41.4 Å². The molecule has 0 amide bonds. The van der Waals surface area contributed by atoms with Gasteiger partial charge in [-0.1, -0.05) is 45.9 Å². The maximum absolute atomic E-state index is 5.72. The van der Waals surface area contributed by atoms with Gasteiger partial charge in [0.25, 0.3) is 0 Å². The van der Waals surface area contributed by atoms with Gasteiger partial charge < -0.3 is 9.47 Å². The highest BCUT2D eigenvalue weighted by molar-refractivity contribution is 5.35. The molecule has 3 heteroatoms. The second-order valence-corrected chi connectivity index (χ2v) is 7.65. The predicted octanol–water partition coefficient (Wildman–Crippen LogP) is 4.60. The molecule has 0 radical (unpaired) electrons. The Labute approximate surface area is 148 Å². The first kappa shape index (κ1) is 19.4. The summed E-state index contributed by atoms with van der Waals surface area (Å²) in [6.07, 6.45) is 2.40. The lowest BCUT2D eigenvalue weighted by molar-refractivity contribution is 0.0365. The molecule has 2 rings (SSSR count). The van der Waals surface area contributed by atoms with Gasteiger partial charge in [-0.25, -0.2) is 0 Å². The normalized spacial score (nSPS) is 14.8. The summed E-state index contributed by atoms with van der Waals surface area (Å²) in [6, 6.07) is 6.96. The van der Waals surface area contributed by atoms with Gasteiger partial charge in [0, 0.05) is 26.2 Å². The van der Waals surface area contributed by atoms with Crippen LogP contribution in [0.4, 0.5) is 0 Å². The summed E-state index contributed by atoms with van der Waals surface area (Å²) in [6.45, 7) is 15.2. The first-order chi connectivity index (χ1) is 11.6. The summed E-state index contributed by atoms with van der Waals surface area (Å²) in [4.78, 5) is 2.47. The fourth-order valence-electron chi connectivity index (χ4n) is 3.11. The quantitative estimate of drug-likeness (QED) is 0.553. The minimum atomic E-state index is 0.605. The van der Waals surface area contributed by atoms with Crippen LogP contribution in [0.15, 0.2) is 18.2 Å². The van der Waals surface area contributed by atoms with Crippen molar-refractivity contribution in [1.29, 1.82) is 0 Å². The van der Waals surface area contributed by atoms with Crippen LogP contribution in [0.3, 0.4) is 0 Å². The molecule has 1 aromatic rings. The summed E-state index contributed by atoms with van der Waals surface area (Å²) in [5, 5.41) is 0. The minimum Gasteiger partial charge on any atom is -0.379 e. The fourth-order valence-corrected chi connectivity index (χ4v) is 3.11. The van der Waals surface area contributed by atoms with E-state index >= 15 is 0 Å². The van der Waals surface area contributed by atoms with Crippen molar-refractivity contribution in [1.82, 2.24) is 4.90 Å². The first-order valence-electron chi connectivity index (χ1n) is 9.55. The van der Waals surface area contributed by atoms with E-state index in [4.69, 9.17) is 9.47 Å². The molecule has 136 valence electrons. The van der Waals surface area contributed by atoms with E-state index < -0.39 is 0 Å². The van der Waals surface area contributed by atoms with E-state index in [0.29, 0.717) is 12.5 Å². The lowest BCUT2D eigenvalue weighted by Gasteiger charge is -2.14. The van der Waals surface area contributed by atoms with Gasteiger partial charge in [-0.15, -0.1) is 0 Å². The average Bonchev–Trinajstić information content (AvgIpc) is 2.94. The Kier molecular flexibility index (Phi) is 8.23. The summed E-state index contributed by atoms with van der Waals surface area (Å²) >= 11 is 0. The molecule has 1 aliphatic heterocycles. The van der Waals surface area contributed by atoms with Crippen LogP contribution in [0.25, 0.3) is 0 Å². The molecule has 1 heterocycles. The van der Waals surface area contributed by atoms with Crippen LogP contribution < -0.4 is 0 Å². The Bertz CT molecular complexity index is 485. The molecule has 0 saturated heterocycles. The number of rotatable bonds is 11. The lowest BCUT2D eigenvalue weighted by atomic mass is 9.99. The van der Waals surface area contributed by atoms with Crippen molar-refractivity contribution in [3.63, 3.8) is 0 Å². The van der Waals surface area contributed by atoms with Crippen molar-refractivity contribution in [2.24, 2.45) is 5.92 Å². The van der Waals surface area contributed by atoms with Gasteiger partial charge in [0.05, 0.1) is 19.8 Å². The van der Waals surface area contributed by atoms with Crippen LogP contribution in [0.5, 0.6) is 0 Å². The highest BCUT2D eigenvalue weighted by atomic mass is 16.5. The zero-order valence-corrected chi connectivity index (χ0v) is 16.0. The molecule has 0 saturated carbocycles. The second-order valence-electron chi connectivity index (χ2n) is 7.65. The standard InChI is InChI=1S/C21H35NO2/c1-17(2)6-5-10-23-12-13-24-11-9-22-15-20-8-7-19(18(3)4)14-21(20)16-22/h7-8,14,17-18H,5-6,9-13,15-16H2,1-4H3. The van der Waals surface area contributed by atoms with Gasteiger partial charge in [0.1, 0.15) is 0 Å². The van der Waals surface area contributed by atoms with Gasteiger partial charge in [0.15, 0.2) is 0 Å². The first-order valence-corrected chi connectivity index (χ1v) is 9.55. The van der Waals surface area contributed by atoms with Crippen LogP contribution >= 0.6 is 0 Å². The van der Waals surface area contributed by atoms with Gasteiger partial charge in [-0.2, -0.15) is 0 Å². The molecule has 0 unspecified atom stereocenters. The van der Waals surface area contributed by atoms with Crippen molar-refractivity contribution >= 4 is 0 Å². The van der Waals surface area contributed by atoms with Crippen molar-refractivity contribution in [2.45, 2.75) is 59.5 Å². The van der Waals surface area contributed by atoms with Gasteiger partial charge >= 0.3 is 0 Å².